The summed E-state index contributed by atoms with van der Waals surface area (Å²) in [6.07, 6.45) is 1.00. The first-order chi connectivity index (χ1) is 6.77. The van der Waals surface area contributed by atoms with Gasteiger partial charge in [0.15, 0.2) is 0 Å². The Kier molecular flexibility index (Phi) is 2.25. The van der Waals surface area contributed by atoms with Crippen LogP contribution in [-0.4, -0.2) is 9.78 Å². The second-order valence-corrected chi connectivity index (χ2v) is 3.44. The van der Waals surface area contributed by atoms with Crippen molar-refractivity contribution in [1.29, 1.82) is 0 Å². The number of aryl methyl sites for hydroxylation is 2. The molecule has 1 heterocycles. The smallest absolute Gasteiger partial charge is 0.0970 e. The number of hydrogen-bond donors (Lipinski definition) is 1. The van der Waals surface area contributed by atoms with Gasteiger partial charge in [-0.2, -0.15) is 5.10 Å². The lowest BCUT2D eigenvalue weighted by Crippen LogP contribution is -1.97. The van der Waals surface area contributed by atoms with Gasteiger partial charge >= 0.3 is 0 Å². The van der Waals surface area contributed by atoms with E-state index in [-0.39, 0.29) is 0 Å². The van der Waals surface area contributed by atoms with Gasteiger partial charge in [0.1, 0.15) is 0 Å². The van der Waals surface area contributed by atoms with Gasteiger partial charge in [-0.1, -0.05) is 25.1 Å². The monoisotopic (exact) mass is 189 g/mol. The zero-order valence-electron chi connectivity index (χ0n) is 8.62. The molecule has 2 aromatic rings. The van der Waals surface area contributed by atoms with E-state index in [1.54, 1.807) is 0 Å². The summed E-state index contributed by atoms with van der Waals surface area (Å²) in [6, 6.07) is 6.19. The molecule has 0 saturated carbocycles. The Bertz CT molecular complexity index is 457. The molecule has 0 bridgehead atoms. The predicted octanol–water partition coefficient (Wildman–Crippen LogP) is 1.59. The van der Waals surface area contributed by atoms with Crippen molar-refractivity contribution in [3.8, 4) is 0 Å². The molecule has 74 valence electrons. The number of aromatic nitrogens is 2. The van der Waals surface area contributed by atoms with Crippen LogP contribution in [0.3, 0.4) is 0 Å². The lowest BCUT2D eigenvalue weighted by molar-refractivity contribution is 0.727. The van der Waals surface area contributed by atoms with Gasteiger partial charge in [-0.15, -0.1) is 0 Å². The van der Waals surface area contributed by atoms with Gasteiger partial charge in [-0.3, -0.25) is 4.68 Å². The Morgan fingerprint density at radius 2 is 2.21 bits per heavy atom. The first kappa shape index (κ1) is 9.21. The van der Waals surface area contributed by atoms with Crippen molar-refractivity contribution in [3.05, 3.63) is 29.5 Å². The van der Waals surface area contributed by atoms with E-state index < -0.39 is 0 Å². The molecule has 2 rings (SSSR count). The number of nitrogens with two attached hydrogens (primary N) is 1. The minimum Gasteiger partial charge on any atom is -0.326 e. The molecular weight excluding hydrogens is 174 g/mol. The standard InChI is InChI=1S/C11H15N3/c1-3-10-9-6-4-5-8(7-12)11(9)13-14(10)2/h4-6H,3,7,12H2,1-2H3. The molecule has 0 aliphatic rings. The fourth-order valence-corrected chi connectivity index (χ4v) is 1.91. The average molecular weight is 189 g/mol. The summed E-state index contributed by atoms with van der Waals surface area (Å²) in [5, 5.41) is 5.73. The molecule has 0 radical (unpaired) electrons. The van der Waals surface area contributed by atoms with Crippen LogP contribution in [-0.2, 0) is 20.0 Å². The van der Waals surface area contributed by atoms with E-state index >= 15 is 0 Å². The third-order valence-corrected chi connectivity index (χ3v) is 2.63. The number of nitrogens with zero attached hydrogens (tertiary/aromatic N) is 2. The molecule has 0 amide bonds. The second-order valence-electron chi connectivity index (χ2n) is 3.44. The number of hydrogen-bond acceptors (Lipinski definition) is 2. The summed E-state index contributed by atoms with van der Waals surface area (Å²) in [4.78, 5) is 0. The van der Waals surface area contributed by atoms with Crippen molar-refractivity contribution >= 4 is 10.9 Å². The molecule has 0 saturated heterocycles. The first-order valence-electron chi connectivity index (χ1n) is 4.91. The average Bonchev–Trinajstić information content (AvgIpc) is 2.52. The molecule has 0 aliphatic carbocycles. The quantitative estimate of drug-likeness (QED) is 0.779. The first-order valence-corrected chi connectivity index (χ1v) is 4.91. The predicted molar refractivity (Wildman–Crippen MR) is 58.0 cm³/mol. The van der Waals surface area contributed by atoms with E-state index in [9.17, 15) is 0 Å². The van der Waals surface area contributed by atoms with Crippen LogP contribution in [0.2, 0.25) is 0 Å². The van der Waals surface area contributed by atoms with E-state index in [0.29, 0.717) is 6.54 Å². The number of benzene rings is 1. The Morgan fingerprint density at radius 3 is 2.86 bits per heavy atom. The van der Waals surface area contributed by atoms with Crippen LogP contribution in [0.5, 0.6) is 0 Å². The van der Waals surface area contributed by atoms with Gasteiger partial charge in [-0.05, 0) is 12.0 Å². The van der Waals surface area contributed by atoms with Gasteiger partial charge in [-0.25, -0.2) is 0 Å². The maximum absolute atomic E-state index is 5.67. The summed E-state index contributed by atoms with van der Waals surface area (Å²) in [6.45, 7) is 2.70. The highest BCUT2D eigenvalue weighted by molar-refractivity contribution is 5.84. The second kappa shape index (κ2) is 3.42. The Hall–Kier alpha value is -1.35. The Balaban J connectivity index is 2.79. The molecule has 1 aromatic heterocycles. The van der Waals surface area contributed by atoms with Crippen LogP contribution in [0.1, 0.15) is 18.2 Å². The topological polar surface area (TPSA) is 43.8 Å². The van der Waals surface area contributed by atoms with Crippen LogP contribution in [0.15, 0.2) is 18.2 Å². The van der Waals surface area contributed by atoms with Crippen LogP contribution < -0.4 is 5.73 Å². The molecule has 14 heavy (non-hydrogen) atoms. The van der Waals surface area contributed by atoms with E-state index in [4.69, 9.17) is 5.73 Å². The maximum Gasteiger partial charge on any atom is 0.0970 e. The lowest BCUT2D eigenvalue weighted by atomic mass is 10.1. The molecular formula is C11H15N3. The summed E-state index contributed by atoms with van der Waals surface area (Å²) in [5.41, 5.74) is 9.11. The zero-order valence-corrected chi connectivity index (χ0v) is 8.62. The minimum atomic E-state index is 0.553. The van der Waals surface area contributed by atoms with E-state index in [0.717, 1.165) is 17.5 Å². The van der Waals surface area contributed by atoms with Crippen LogP contribution in [0.4, 0.5) is 0 Å². The largest absolute Gasteiger partial charge is 0.326 e. The van der Waals surface area contributed by atoms with E-state index in [1.165, 1.54) is 11.1 Å². The van der Waals surface area contributed by atoms with Gasteiger partial charge in [0.2, 0.25) is 0 Å². The maximum atomic E-state index is 5.67. The van der Waals surface area contributed by atoms with Gasteiger partial charge < -0.3 is 5.73 Å². The lowest BCUT2D eigenvalue weighted by Gasteiger charge is -1.97. The normalized spacial score (nSPS) is 11.1. The van der Waals surface area contributed by atoms with E-state index in [2.05, 4.69) is 18.1 Å². The molecule has 3 heteroatoms. The molecule has 3 nitrogen and oxygen atoms in total. The summed E-state index contributed by atoms with van der Waals surface area (Å²) >= 11 is 0. The van der Waals surface area contributed by atoms with Crippen LogP contribution in [0, 0.1) is 0 Å². The Labute approximate surface area is 83.5 Å². The van der Waals surface area contributed by atoms with Crippen LogP contribution in [0.25, 0.3) is 10.9 Å². The molecule has 1 aromatic carbocycles. The number of rotatable bonds is 2. The highest BCUT2D eigenvalue weighted by Crippen LogP contribution is 2.21. The third-order valence-electron chi connectivity index (χ3n) is 2.63. The molecule has 2 N–H and O–H groups in total. The van der Waals surface area contributed by atoms with Crippen LogP contribution >= 0.6 is 0 Å². The zero-order chi connectivity index (χ0) is 10.1. The summed E-state index contributed by atoms with van der Waals surface area (Å²) in [5.74, 6) is 0. The van der Waals surface area contributed by atoms with E-state index in [1.807, 2.05) is 23.9 Å². The van der Waals surface area contributed by atoms with Crippen molar-refractivity contribution in [2.75, 3.05) is 0 Å². The molecule has 0 unspecified atom stereocenters. The SMILES string of the molecule is CCc1c2cccc(CN)c2nn1C. The number of fused-ring (bicyclic) bond motifs is 1. The molecule has 0 fully saturated rings. The van der Waals surface area contributed by atoms with Crippen molar-refractivity contribution in [2.24, 2.45) is 12.8 Å². The molecule has 0 spiro atoms. The molecule has 0 atom stereocenters. The fraction of sp³-hybridized carbons (Fsp3) is 0.364. The van der Waals surface area contributed by atoms with Gasteiger partial charge in [0.05, 0.1) is 5.52 Å². The highest BCUT2D eigenvalue weighted by Gasteiger charge is 2.08. The third kappa shape index (κ3) is 1.21. The minimum absolute atomic E-state index is 0.553. The van der Waals surface area contributed by atoms with Gasteiger partial charge in [0, 0.05) is 24.7 Å². The highest BCUT2D eigenvalue weighted by atomic mass is 15.3. The van der Waals surface area contributed by atoms with Crippen molar-refractivity contribution in [1.82, 2.24) is 9.78 Å². The van der Waals surface area contributed by atoms with Crippen molar-refractivity contribution < 1.29 is 0 Å². The Morgan fingerprint density at radius 1 is 1.43 bits per heavy atom. The van der Waals surface area contributed by atoms with Gasteiger partial charge in [0.25, 0.3) is 0 Å². The van der Waals surface area contributed by atoms with Crippen molar-refractivity contribution in [2.45, 2.75) is 19.9 Å². The summed E-state index contributed by atoms with van der Waals surface area (Å²) in [7, 11) is 1.99. The summed E-state index contributed by atoms with van der Waals surface area (Å²) < 4.78 is 1.95. The molecule has 0 aliphatic heterocycles. The van der Waals surface area contributed by atoms with Crippen molar-refractivity contribution in [3.63, 3.8) is 0 Å². The fourth-order valence-electron chi connectivity index (χ4n) is 1.91.